The van der Waals surface area contributed by atoms with Crippen LogP contribution in [0.15, 0.2) is 0 Å². The molecule has 1 amide bonds. The molecule has 1 aliphatic heterocycles. The number of hydrogen-bond acceptors (Lipinski definition) is 3. The van der Waals surface area contributed by atoms with Gasteiger partial charge in [-0.15, -0.1) is 0 Å². The molecular weight excluding hydrogens is 216 g/mol. The summed E-state index contributed by atoms with van der Waals surface area (Å²) in [6.45, 7) is 8.84. The summed E-state index contributed by atoms with van der Waals surface area (Å²) in [7, 11) is 1.68. The number of rotatable bonds is 4. The van der Waals surface area contributed by atoms with Gasteiger partial charge in [0.25, 0.3) is 0 Å². The molecular formula is C13H26N2O2. The first-order chi connectivity index (χ1) is 7.85. The van der Waals surface area contributed by atoms with Crippen LogP contribution in [0.3, 0.4) is 0 Å². The van der Waals surface area contributed by atoms with Crippen LogP contribution < -0.4 is 10.6 Å². The third kappa shape index (κ3) is 4.28. The molecule has 17 heavy (non-hydrogen) atoms. The van der Waals surface area contributed by atoms with Gasteiger partial charge in [0.2, 0.25) is 5.91 Å². The molecule has 1 fully saturated rings. The fourth-order valence-corrected chi connectivity index (χ4v) is 2.39. The summed E-state index contributed by atoms with van der Waals surface area (Å²) in [5.74, 6) is 0.0816. The predicted octanol–water partition coefficient (Wildman–Crippen LogP) is 1.30. The minimum atomic E-state index is -0.362. The number of ether oxygens (including phenoxy) is 1. The minimum Gasteiger partial charge on any atom is -0.375 e. The second-order valence-corrected chi connectivity index (χ2v) is 5.77. The van der Waals surface area contributed by atoms with Crippen LogP contribution in [0.5, 0.6) is 0 Å². The molecule has 0 aromatic carbocycles. The Balaban J connectivity index is 2.42. The van der Waals surface area contributed by atoms with Gasteiger partial charge in [-0.2, -0.15) is 0 Å². The van der Waals surface area contributed by atoms with Gasteiger partial charge < -0.3 is 15.4 Å². The first-order valence-electron chi connectivity index (χ1n) is 6.46. The van der Waals surface area contributed by atoms with Crippen molar-refractivity contribution >= 4 is 5.91 Å². The summed E-state index contributed by atoms with van der Waals surface area (Å²) >= 11 is 0. The van der Waals surface area contributed by atoms with Gasteiger partial charge in [0.05, 0.1) is 17.6 Å². The molecule has 1 aliphatic rings. The van der Waals surface area contributed by atoms with Crippen LogP contribution in [-0.4, -0.2) is 37.7 Å². The Morgan fingerprint density at radius 2 is 1.82 bits per heavy atom. The first-order valence-corrected chi connectivity index (χ1v) is 6.46. The highest BCUT2D eigenvalue weighted by Crippen LogP contribution is 2.21. The first kappa shape index (κ1) is 14.5. The average Bonchev–Trinajstić information content (AvgIpc) is 2.24. The van der Waals surface area contributed by atoms with Crippen molar-refractivity contribution in [2.75, 3.05) is 13.6 Å². The van der Waals surface area contributed by atoms with Crippen LogP contribution >= 0.6 is 0 Å². The van der Waals surface area contributed by atoms with Gasteiger partial charge in [0.15, 0.2) is 0 Å². The van der Waals surface area contributed by atoms with Crippen molar-refractivity contribution in [2.24, 2.45) is 5.41 Å². The van der Waals surface area contributed by atoms with E-state index in [1.165, 1.54) is 0 Å². The highest BCUT2D eigenvalue weighted by atomic mass is 16.5. The van der Waals surface area contributed by atoms with Crippen LogP contribution in [0, 0.1) is 5.41 Å². The quantitative estimate of drug-likeness (QED) is 0.781. The summed E-state index contributed by atoms with van der Waals surface area (Å²) in [5, 5.41) is 6.20. The molecule has 0 aliphatic carbocycles. The molecule has 0 saturated carbocycles. The third-order valence-electron chi connectivity index (χ3n) is 3.37. The molecule has 2 unspecified atom stereocenters. The Kier molecular flexibility index (Phi) is 4.95. The highest BCUT2D eigenvalue weighted by Gasteiger charge is 2.29. The molecule has 1 rings (SSSR count). The molecule has 1 saturated heterocycles. The topological polar surface area (TPSA) is 50.4 Å². The number of carbonyl (C=O) groups is 1. The Morgan fingerprint density at radius 1 is 1.29 bits per heavy atom. The lowest BCUT2D eigenvalue weighted by molar-refractivity contribution is -0.128. The van der Waals surface area contributed by atoms with E-state index in [-0.39, 0.29) is 11.3 Å². The van der Waals surface area contributed by atoms with Crippen molar-refractivity contribution in [1.29, 1.82) is 0 Å². The van der Waals surface area contributed by atoms with E-state index in [2.05, 4.69) is 24.5 Å². The van der Waals surface area contributed by atoms with Crippen molar-refractivity contribution in [1.82, 2.24) is 10.6 Å². The van der Waals surface area contributed by atoms with E-state index in [1.54, 1.807) is 7.05 Å². The zero-order valence-electron chi connectivity index (χ0n) is 11.7. The Hall–Kier alpha value is -0.610. The van der Waals surface area contributed by atoms with Gasteiger partial charge in [-0.05, 0) is 40.5 Å². The van der Waals surface area contributed by atoms with E-state index in [0.29, 0.717) is 24.8 Å². The van der Waals surface area contributed by atoms with Gasteiger partial charge in [-0.3, -0.25) is 4.79 Å². The Labute approximate surface area is 104 Å². The van der Waals surface area contributed by atoms with Crippen LogP contribution in [0.2, 0.25) is 0 Å². The fraction of sp³-hybridized carbons (Fsp3) is 0.923. The van der Waals surface area contributed by atoms with Crippen molar-refractivity contribution in [2.45, 2.75) is 58.8 Å². The van der Waals surface area contributed by atoms with Crippen molar-refractivity contribution in [3.8, 4) is 0 Å². The van der Waals surface area contributed by atoms with E-state index in [4.69, 9.17) is 4.74 Å². The average molecular weight is 242 g/mol. The second kappa shape index (κ2) is 5.83. The molecule has 2 atom stereocenters. The zero-order chi connectivity index (χ0) is 13.1. The van der Waals surface area contributed by atoms with Gasteiger partial charge in [-0.1, -0.05) is 0 Å². The lowest BCUT2D eigenvalue weighted by Crippen LogP contribution is -2.48. The van der Waals surface area contributed by atoms with Gasteiger partial charge in [0.1, 0.15) is 0 Å². The van der Waals surface area contributed by atoms with E-state index >= 15 is 0 Å². The summed E-state index contributed by atoms with van der Waals surface area (Å²) in [5.41, 5.74) is -0.362. The molecule has 0 radical (unpaired) electrons. The molecule has 0 bridgehead atoms. The van der Waals surface area contributed by atoms with Gasteiger partial charge in [-0.25, -0.2) is 0 Å². The van der Waals surface area contributed by atoms with Crippen LogP contribution in [0.25, 0.3) is 0 Å². The van der Waals surface area contributed by atoms with Gasteiger partial charge >= 0.3 is 0 Å². The normalized spacial score (nSPS) is 30.1. The SMILES string of the molecule is CNC(=O)C(C)(C)CNC1CC(C)OC(C)C1. The minimum absolute atomic E-state index is 0.0816. The third-order valence-corrected chi connectivity index (χ3v) is 3.37. The fourth-order valence-electron chi connectivity index (χ4n) is 2.39. The number of nitrogens with one attached hydrogen (secondary N) is 2. The van der Waals surface area contributed by atoms with Gasteiger partial charge in [0, 0.05) is 19.6 Å². The molecule has 4 nitrogen and oxygen atoms in total. The number of carbonyl (C=O) groups excluding carboxylic acids is 1. The van der Waals surface area contributed by atoms with Crippen LogP contribution in [-0.2, 0) is 9.53 Å². The summed E-state index contributed by atoms with van der Waals surface area (Å²) in [6, 6.07) is 0.456. The van der Waals surface area contributed by atoms with E-state index in [9.17, 15) is 4.79 Å². The lowest BCUT2D eigenvalue weighted by atomic mass is 9.90. The standard InChI is InChI=1S/C13H26N2O2/c1-9-6-11(7-10(2)17-9)15-8-13(3,4)12(16)14-5/h9-11,15H,6-8H2,1-5H3,(H,14,16). The van der Waals surface area contributed by atoms with Crippen LogP contribution in [0.1, 0.15) is 40.5 Å². The monoisotopic (exact) mass is 242 g/mol. The highest BCUT2D eigenvalue weighted by molar-refractivity contribution is 5.81. The molecule has 1 heterocycles. The van der Waals surface area contributed by atoms with Crippen molar-refractivity contribution in [3.63, 3.8) is 0 Å². The summed E-state index contributed by atoms with van der Waals surface area (Å²) in [6.07, 6.45) is 2.65. The molecule has 0 spiro atoms. The number of hydrogen-bond donors (Lipinski definition) is 2. The van der Waals surface area contributed by atoms with Crippen molar-refractivity contribution < 1.29 is 9.53 Å². The molecule has 4 heteroatoms. The second-order valence-electron chi connectivity index (χ2n) is 5.77. The maximum Gasteiger partial charge on any atom is 0.226 e. The van der Waals surface area contributed by atoms with Crippen molar-refractivity contribution in [3.05, 3.63) is 0 Å². The zero-order valence-corrected chi connectivity index (χ0v) is 11.7. The molecule has 100 valence electrons. The molecule has 0 aromatic rings. The summed E-state index contributed by atoms with van der Waals surface area (Å²) in [4.78, 5) is 11.7. The molecule has 0 aromatic heterocycles. The summed E-state index contributed by atoms with van der Waals surface area (Å²) < 4.78 is 5.70. The van der Waals surface area contributed by atoms with E-state index in [0.717, 1.165) is 12.8 Å². The van der Waals surface area contributed by atoms with E-state index < -0.39 is 0 Å². The predicted molar refractivity (Wildman–Crippen MR) is 68.9 cm³/mol. The Morgan fingerprint density at radius 3 is 2.29 bits per heavy atom. The Bertz CT molecular complexity index is 256. The number of amides is 1. The molecule has 2 N–H and O–H groups in total. The largest absolute Gasteiger partial charge is 0.375 e. The smallest absolute Gasteiger partial charge is 0.226 e. The van der Waals surface area contributed by atoms with Crippen LogP contribution in [0.4, 0.5) is 0 Å². The maximum absolute atomic E-state index is 11.7. The van der Waals surface area contributed by atoms with E-state index in [1.807, 2.05) is 13.8 Å². The lowest BCUT2D eigenvalue weighted by Gasteiger charge is -2.34. The maximum atomic E-state index is 11.7.